The number of aromatic nitrogens is 27. The van der Waals surface area contributed by atoms with Gasteiger partial charge in [-0.3, -0.25) is 19.9 Å². The van der Waals surface area contributed by atoms with Gasteiger partial charge in [-0.25, -0.2) is 28.4 Å². The van der Waals surface area contributed by atoms with Crippen molar-refractivity contribution in [3.05, 3.63) is 342 Å². The van der Waals surface area contributed by atoms with E-state index in [-0.39, 0.29) is 101 Å². The molecule has 10 aromatic heterocycles. The van der Waals surface area contributed by atoms with Crippen LogP contribution in [0.25, 0.3) is 173 Å². The third-order valence-corrected chi connectivity index (χ3v) is 23.7. The van der Waals surface area contributed by atoms with Gasteiger partial charge in [-0.05, 0) is 213 Å². The van der Waals surface area contributed by atoms with Crippen LogP contribution in [0, 0.1) is 78.8 Å². The van der Waals surface area contributed by atoms with Crippen LogP contribution in [0.4, 0.5) is 0 Å². The molecule has 138 heavy (non-hydrogen) atoms. The number of oxazole rings is 2. The number of thiazole rings is 1. The van der Waals surface area contributed by atoms with Gasteiger partial charge in [0.1, 0.15) is 29.1 Å². The first-order valence-corrected chi connectivity index (χ1v) is 43.8. The maximum absolute atomic E-state index is 5.41. The zero-order chi connectivity index (χ0) is 91.5. The zero-order valence-electron chi connectivity index (χ0n) is 76.4. The molecule has 0 atom stereocenters. The van der Waals surface area contributed by atoms with E-state index in [0.29, 0.717) is 52.1 Å². The normalized spacial score (nSPS) is 10.9. The van der Waals surface area contributed by atoms with Gasteiger partial charge < -0.3 is 18.0 Å². The molecule has 0 bridgehead atoms. The molecule has 0 aliphatic heterocycles. The van der Waals surface area contributed by atoms with Gasteiger partial charge in [-0.1, -0.05) is 197 Å². The molecule has 29 nitrogen and oxygen atoms in total. The molecule has 0 saturated heterocycles. The van der Waals surface area contributed by atoms with Crippen molar-refractivity contribution in [1.82, 2.24) is 135 Å². The van der Waals surface area contributed by atoms with Gasteiger partial charge in [-0.15, -0.1) is 113 Å². The first kappa shape index (κ1) is 100. The molecule has 13 aromatic carbocycles. The predicted octanol–water partition coefficient (Wildman–Crippen LogP) is 20.7. The molecular formula is C103H84Ir5N27O2S-5. The number of tetrazole rings is 5. The summed E-state index contributed by atoms with van der Waals surface area (Å²) < 4.78 is 24.7. The van der Waals surface area contributed by atoms with Gasteiger partial charge in [0.2, 0.25) is 0 Å². The Hall–Kier alpha value is -13.8. The Morgan fingerprint density at radius 3 is 1.22 bits per heavy atom. The van der Waals surface area contributed by atoms with Crippen molar-refractivity contribution in [2.24, 2.45) is 14.1 Å². The summed E-state index contributed by atoms with van der Waals surface area (Å²) in [5.41, 5.74) is 35.4. The molecule has 23 rings (SSSR count). The van der Waals surface area contributed by atoms with Gasteiger partial charge in [0.05, 0.1) is 57.8 Å². The zero-order valence-corrected chi connectivity index (χ0v) is 89.2. The molecule has 35 heteroatoms. The van der Waals surface area contributed by atoms with E-state index in [1.807, 2.05) is 173 Å². The molecule has 0 unspecified atom stereocenters. The summed E-state index contributed by atoms with van der Waals surface area (Å²) in [6.07, 6.45) is 6.43. The second kappa shape index (κ2) is 44.1. The summed E-state index contributed by atoms with van der Waals surface area (Å²) in [5, 5.41) is 62.3. The molecule has 699 valence electrons. The molecular weight excluding hydrogens is 2640 g/mol. The van der Waals surface area contributed by atoms with Gasteiger partial charge in [0, 0.05) is 148 Å². The average molecular weight is 2730 g/mol. The van der Waals surface area contributed by atoms with Crippen molar-refractivity contribution in [2.75, 3.05) is 0 Å². The van der Waals surface area contributed by atoms with Crippen LogP contribution in [0.15, 0.2) is 270 Å². The van der Waals surface area contributed by atoms with Gasteiger partial charge >= 0.3 is 0 Å². The van der Waals surface area contributed by atoms with Gasteiger partial charge in [0.15, 0.2) is 12.8 Å². The fourth-order valence-corrected chi connectivity index (χ4v) is 17.3. The quantitative estimate of drug-likeness (QED) is 0.0861. The molecule has 0 aliphatic carbocycles. The summed E-state index contributed by atoms with van der Waals surface area (Å²) in [7, 11) is 3.95. The molecule has 0 amide bonds. The fraction of sp³-hybridized carbons (Fsp3) is 0.146. The van der Waals surface area contributed by atoms with E-state index < -0.39 is 0 Å². The van der Waals surface area contributed by atoms with Gasteiger partial charge in [-0.2, -0.15) is 36.8 Å². The standard InChI is InChI=1S/C27H19N6.C22H16N5O.C21H23N6.C17H14N5S.C16H12N5O.5Ir/c1-32-18-28-24-16-15-21(17-25(24)32)27-29-30-31-33(27)26-22(19-9-4-2-5-10-19)13-8-14-23(26)20-11-6-3-7-12-20;1-14-10-18(16-6-4-3-5-7-16)11-15(2)21(14)27-22(24-25-26-27)17-8-9-19-20(12-17)28-13-23-19;1-13(2)16-7-6-8-17(14(3)4)20(16)27-21(23-24-25-27)15-9-10-19-18(11-15)22-12-26(19)5;1-10-6-11(2)16(12(3)7-10)22-17(19-20-21-22)13-4-5-15-14(8-13)18-9-23-15;1-10-4-3-5-11(2)15(10)21-16(18-19-20-21)12-6-7-14-13(8-12)17-9-22-14;;;;;/h2-14,16-18H,1H3;3-7,9-13H,1-2H3;6-8,10-14H,1-5H3;5-9H,1-3H3;3-5,7-9H,1-2H3;;;;;/q5*-1;;;;;. The van der Waals surface area contributed by atoms with E-state index in [1.54, 1.807) is 50.2 Å². The monoisotopic (exact) mass is 2730 g/mol. The average Bonchev–Trinajstić information content (AvgIpc) is 1.55. The first-order valence-electron chi connectivity index (χ1n) is 42.9. The number of para-hydroxylation sites is 3. The molecule has 0 spiro atoms. The molecule has 0 fully saturated rings. The van der Waals surface area contributed by atoms with Crippen LogP contribution in [0.2, 0.25) is 0 Å². The topological polar surface area (TPSA) is 319 Å². The maximum Gasteiger partial charge on any atom is 0.170 e. The van der Waals surface area contributed by atoms with Crippen molar-refractivity contribution in [1.29, 1.82) is 0 Å². The van der Waals surface area contributed by atoms with Crippen LogP contribution in [0.3, 0.4) is 0 Å². The number of benzene rings is 13. The Balaban J connectivity index is 0.000000137. The first-order chi connectivity index (χ1) is 64.8. The summed E-state index contributed by atoms with van der Waals surface area (Å²) in [6, 6.07) is 93.6. The number of fused-ring (bicyclic) bond motifs is 5. The maximum atomic E-state index is 5.41. The van der Waals surface area contributed by atoms with E-state index in [9.17, 15) is 0 Å². The minimum atomic E-state index is 0. The predicted molar refractivity (Wildman–Crippen MR) is 512 cm³/mol. The Kier molecular flexibility index (Phi) is 32.0. The van der Waals surface area contributed by atoms with Crippen molar-refractivity contribution in [3.8, 4) is 119 Å². The molecule has 0 N–H and O–H groups in total. The number of imidazole rings is 2. The smallest absolute Gasteiger partial charge is 0.170 e. The summed E-state index contributed by atoms with van der Waals surface area (Å²) >= 11 is 1.60. The molecule has 10 heterocycles. The summed E-state index contributed by atoms with van der Waals surface area (Å²) in [6.45, 7) is 23.2. The Labute approximate surface area is 865 Å². The van der Waals surface area contributed by atoms with Crippen LogP contribution < -0.4 is 0 Å². The Morgan fingerprint density at radius 2 is 0.696 bits per heavy atom. The molecule has 5 radical (unpaired) electrons. The van der Waals surface area contributed by atoms with Gasteiger partial charge in [0.25, 0.3) is 0 Å². The Morgan fingerprint density at radius 1 is 0.304 bits per heavy atom. The SMILES string of the molecule is CC(C)c1cccc(C(C)C)c1-n1nnnc1-c1[c-]cc2c(c1)ncn2C.Cc1cc(-c2ccccc2)cc(C)c1-n1nnnc1-c1[c-]cc2ncoc2c1.Cc1cc(C)c(-n2nnnc2-c2[c-]cc3scnc3c2)c(C)c1.Cc1cccc(C)c1-n1nnnc1-c1[c-]cc2ocnc2c1.Cn1cnc2c[c-]c(-c3nnnn3-c3c(-c4ccccc4)cccc3-c3ccccc3)cc21.[Ir].[Ir].[Ir].[Ir].[Ir]. The Bertz CT molecular complexity index is 8010. The fourth-order valence-electron chi connectivity index (χ4n) is 16.7. The van der Waals surface area contributed by atoms with Crippen LogP contribution in [0.5, 0.6) is 0 Å². The van der Waals surface area contributed by atoms with E-state index in [2.05, 4.69) is 292 Å². The van der Waals surface area contributed by atoms with Crippen LogP contribution >= 0.6 is 11.3 Å². The molecule has 0 aliphatic rings. The van der Waals surface area contributed by atoms with Crippen molar-refractivity contribution >= 4 is 65.8 Å². The van der Waals surface area contributed by atoms with E-state index in [1.165, 1.54) is 40.6 Å². The third kappa shape index (κ3) is 20.6. The van der Waals surface area contributed by atoms with Crippen molar-refractivity contribution < 1.29 is 109 Å². The second-order valence-electron chi connectivity index (χ2n) is 32.7. The van der Waals surface area contributed by atoms with Crippen LogP contribution in [-0.4, -0.2) is 135 Å². The molecule has 23 aromatic rings. The summed E-state index contributed by atoms with van der Waals surface area (Å²) in [4.78, 5) is 21.5. The number of hydrogen-bond acceptors (Lipinski definition) is 23. The third-order valence-electron chi connectivity index (χ3n) is 22.9. The van der Waals surface area contributed by atoms with E-state index >= 15 is 0 Å². The van der Waals surface area contributed by atoms with E-state index in [0.717, 1.165) is 155 Å². The summed E-state index contributed by atoms with van der Waals surface area (Å²) in [5.74, 6) is 3.93. The number of hydrogen-bond donors (Lipinski definition) is 0. The number of aryl methyl sites for hydroxylation is 9. The minimum Gasteiger partial charge on any atom is -0.490 e. The van der Waals surface area contributed by atoms with Crippen LogP contribution in [-0.2, 0) is 115 Å². The largest absolute Gasteiger partial charge is 0.490 e. The molecule has 0 saturated carbocycles. The van der Waals surface area contributed by atoms with Crippen molar-refractivity contribution in [2.45, 2.75) is 88.0 Å². The van der Waals surface area contributed by atoms with E-state index in [4.69, 9.17) is 8.83 Å². The van der Waals surface area contributed by atoms with Crippen LogP contribution in [0.1, 0.15) is 89.6 Å². The minimum absolute atomic E-state index is 0. The number of nitrogens with zero attached hydrogens (tertiary/aromatic N) is 27. The van der Waals surface area contributed by atoms with Crippen molar-refractivity contribution in [3.63, 3.8) is 0 Å². The number of rotatable bonds is 15. The second-order valence-corrected chi connectivity index (χ2v) is 33.6.